The predicted molar refractivity (Wildman–Crippen MR) is 84.9 cm³/mol. The van der Waals surface area contributed by atoms with E-state index in [9.17, 15) is 10.1 Å². The van der Waals surface area contributed by atoms with Gasteiger partial charge in [0.15, 0.2) is 0 Å². The number of nitrogens with zero attached hydrogens (tertiary/aromatic N) is 2. The molecule has 0 fully saturated rings. The molecule has 0 spiro atoms. The lowest BCUT2D eigenvalue weighted by molar-refractivity contribution is -0.384. The van der Waals surface area contributed by atoms with Gasteiger partial charge in [0, 0.05) is 29.2 Å². The highest BCUT2D eigenvalue weighted by molar-refractivity contribution is 9.10. The summed E-state index contributed by atoms with van der Waals surface area (Å²) < 4.78 is 0.776. The molecule has 6 heteroatoms. The fourth-order valence-corrected chi connectivity index (χ4v) is 2.23. The van der Waals surface area contributed by atoms with Gasteiger partial charge in [-0.2, -0.15) is 0 Å². The molecule has 0 bridgehead atoms. The molecule has 20 heavy (non-hydrogen) atoms. The van der Waals surface area contributed by atoms with Crippen molar-refractivity contribution in [1.29, 1.82) is 0 Å². The van der Waals surface area contributed by atoms with Crippen LogP contribution in [0.25, 0.3) is 0 Å². The van der Waals surface area contributed by atoms with Crippen LogP contribution in [0.1, 0.15) is 25.8 Å². The second-order valence-electron chi connectivity index (χ2n) is 5.14. The molecular formula is C14H22BrN3O2. The summed E-state index contributed by atoms with van der Waals surface area (Å²) in [5.41, 5.74) is 1.15. The third kappa shape index (κ3) is 5.56. The van der Waals surface area contributed by atoms with Crippen LogP contribution >= 0.6 is 15.9 Å². The van der Waals surface area contributed by atoms with Gasteiger partial charge >= 0.3 is 0 Å². The van der Waals surface area contributed by atoms with Crippen LogP contribution in [-0.4, -0.2) is 36.0 Å². The minimum atomic E-state index is -0.385. The number of hydrogen-bond donors (Lipinski definition) is 1. The van der Waals surface area contributed by atoms with E-state index >= 15 is 0 Å². The van der Waals surface area contributed by atoms with Gasteiger partial charge in [0.05, 0.1) is 4.92 Å². The molecule has 0 amide bonds. The summed E-state index contributed by atoms with van der Waals surface area (Å²) in [5.74, 6) is 0. The molecule has 0 unspecified atom stereocenters. The van der Waals surface area contributed by atoms with Crippen molar-refractivity contribution in [3.05, 3.63) is 38.3 Å². The molecule has 0 aliphatic heterocycles. The summed E-state index contributed by atoms with van der Waals surface area (Å²) in [6.45, 7) is 7.07. The van der Waals surface area contributed by atoms with Gasteiger partial charge in [-0.05, 0) is 52.0 Å². The average Bonchev–Trinajstić information content (AvgIpc) is 2.39. The van der Waals surface area contributed by atoms with Crippen molar-refractivity contribution in [2.75, 3.05) is 20.1 Å². The zero-order valence-corrected chi connectivity index (χ0v) is 13.8. The molecule has 0 atom stereocenters. The minimum absolute atomic E-state index is 0.110. The number of hydrogen-bond acceptors (Lipinski definition) is 4. The quantitative estimate of drug-likeness (QED) is 0.447. The number of non-ortho nitro benzene ring substituents is 1. The molecule has 0 aromatic heterocycles. The van der Waals surface area contributed by atoms with E-state index in [1.54, 1.807) is 12.1 Å². The zero-order chi connectivity index (χ0) is 15.1. The van der Waals surface area contributed by atoms with Gasteiger partial charge in [-0.15, -0.1) is 0 Å². The maximum absolute atomic E-state index is 10.6. The first-order chi connectivity index (χ1) is 9.41. The Balaban J connectivity index is 2.34. The molecule has 1 N–H and O–H groups in total. The molecule has 1 aromatic rings. The number of nitrogens with one attached hydrogen (secondary N) is 1. The van der Waals surface area contributed by atoms with Crippen LogP contribution in [0.3, 0.4) is 0 Å². The summed E-state index contributed by atoms with van der Waals surface area (Å²) in [6, 6.07) is 5.44. The Hall–Kier alpha value is -0.980. The van der Waals surface area contributed by atoms with E-state index in [1.807, 2.05) is 0 Å². The van der Waals surface area contributed by atoms with Crippen LogP contribution < -0.4 is 5.32 Å². The highest BCUT2D eigenvalue weighted by atomic mass is 79.9. The number of benzene rings is 1. The fourth-order valence-electron chi connectivity index (χ4n) is 1.73. The van der Waals surface area contributed by atoms with Gasteiger partial charge in [0.2, 0.25) is 0 Å². The lowest BCUT2D eigenvalue weighted by Gasteiger charge is -2.20. The van der Waals surface area contributed by atoms with E-state index in [4.69, 9.17) is 0 Å². The fraction of sp³-hybridized carbons (Fsp3) is 0.571. The Labute approximate surface area is 128 Å². The van der Waals surface area contributed by atoms with Gasteiger partial charge in [-0.3, -0.25) is 10.1 Å². The van der Waals surface area contributed by atoms with Crippen molar-refractivity contribution in [2.24, 2.45) is 0 Å². The van der Waals surface area contributed by atoms with Crippen LogP contribution in [0, 0.1) is 10.1 Å². The second kappa shape index (κ2) is 8.34. The first-order valence-electron chi connectivity index (χ1n) is 6.75. The van der Waals surface area contributed by atoms with Gasteiger partial charge in [-0.25, -0.2) is 0 Å². The SMILES string of the molecule is CC(C)N(C)CCCNCc1ccc([N+](=O)[O-])cc1Br. The maximum Gasteiger partial charge on any atom is 0.270 e. The molecule has 1 aromatic carbocycles. The third-order valence-corrected chi connectivity index (χ3v) is 4.05. The van der Waals surface area contributed by atoms with Crippen LogP contribution in [-0.2, 0) is 6.54 Å². The molecule has 0 aliphatic carbocycles. The lowest BCUT2D eigenvalue weighted by atomic mass is 10.2. The Morgan fingerprint density at radius 3 is 2.70 bits per heavy atom. The normalized spacial score (nSPS) is 11.3. The highest BCUT2D eigenvalue weighted by Gasteiger charge is 2.08. The Morgan fingerprint density at radius 1 is 1.45 bits per heavy atom. The van der Waals surface area contributed by atoms with E-state index < -0.39 is 0 Å². The summed E-state index contributed by atoms with van der Waals surface area (Å²) >= 11 is 3.37. The van der Waals surface area contributed by atoms with Crippen LogP contribution in [0.15, 0.2) is 22.7 Å². The van der Waals surface area contributed by atoms with Crippen LogP contribution in [0.4, 0.5) is 5.69 Å². The van der Waals surface area contributed by atoms with Crippen molar-refractivity contribution in [1.82, 2.24) is 10.2 Å². The molecule has 5 nitrogen and oxygen atoms in total. The first-order valence-corrected chi connectivity index (χ1v) is 7.55. The maximum atomic E-state index is 10.6. The van der Waals surface area contributed by atoms with E-state index in [1.165, 1.54) is 6.07 Å². The lowest BCUT2D eigenvalue weighted by Crippen LogP contribution is -2.29. The van der Waals surface area contributed by atoms with Crippen molar-refractivity contribution in [3.8, 4) is 0 Å². The molecule has 0 aliphatic rings. The van der Waals surface area contributed by atoms with E-state index in [2.05, 4.69) is 47.0 Å². The number of halogens is 1. The average molecular weight is 344 g/mol. The van der Waals surface area contributed by atoms with Crippen molar-refractivity contribution in [3.63, 3.8) is 0 Å². The van der Waals surface area contributed by atoms with Crippen LogP contribution in [0.5, 0.6) is 0 Å². The Morgan fingerprint density at radius 2 is 2.15 bits per heavy atom. The predicted octanol–water partition coefficient (Wildman–Crippen LogP) is 3.18. The Bertz CT molecular complexity index is 452. The van der Waals surface area contributed by atoms with Gasteiger partial charge in [0.25, 0.3) is 5.69 Å². The zero-order valence-electron chi connectivity index (χ0n) is 12.2. The number of nitro benzene ring substituents is 1. The number of nitro groups is 1. The topological polar surface area (TPSA) is 58.4 Å². The summed E-state index contributed by atoms with van der Waals surface area (Å²) in [4.78, 5) is 12.6. The monoisotopic (exact) mass is 343 g/mol. The molecular weight excluding hydrogens is 322 g/mol. The number of rotatable bonds is 8. The largest absolute Gasteiger partial charge is 0.313 e. The highest BCUT2D eigenvalue weighted by Crippen LogP contribution is 2.22. The van der Waals surface area contributed by atoms with E-state index in [-0.39, 0.29) is 10.6 Å². The summed E-state index contributed by atoms with van der Waals surface area (Å²) in [5, 5.41) is 14.0. The Kier molecular flexibility index (Phi) is 7.12. The molecule has 1 rings (SSSR count). The van der Waals surface area contributed by atoms with Crippen LogP contribution in [0.2, 0.25) is 0 Å². The van der Waals surface area contributed by atoms with Crippen molar-refractivity contribution >= 4 is 21.6 Å². The first kappa shape index (κ1) is 17.1. The van der Waals surface area contributed by atoms with E-state index in [0.29, 0.717) is 12.6 Å². The van der Waals surface area contributed by atoms with E-state index in [0.717, 1.165) is 29.5 Å². The van der Waals surface area contributed by atoms with Gasteiger partial charge in [-0.1, -0.05) is 15.9 Å². The van der Waals surface area contributed by atoms with Crippen molar-refractivity contribution < 1.29 is 4.92 Å². The third-order valence-electron chi connectivity index (χ3n) is 3.31. The van der Waals surface area contributed by atoms with Gasteiger partial charge in [0.1, 0.15) is 0 Å². The minimum Gasteiger partial charge on any atom is -0.313 e. The molecule has 0 saturated heterocycles. The standard InChI is InChI=1S/C14H22BrN3O2/c1-11(2)17(3)8-4-7-16-10-12-5-6-13(18(19)20)9-14(12)15/h5-6,9,11,16H,4,7-8,10H2,1-3H3. The molecule has 0 heterocycles. The summed E-state index contributed by atoms with van der Waals surface area (Å²) in [6.07, 6.45) is 1.08. The van der Waals surface area contributed by atoms with Crippen molar-refractivity contribution in [2.45, 2.75) is 32.9 Å². The molecule has 0 radical (unpaired) electrons. The summed E-state index contributed by atoms with van der Waals surface area (Å²) in [7, 11) is 2.12. The second-order valence-corrected chi connectivity index (χ2v) is 5.99. The molecule has 112 valence electrons. The van der Waals surface area contributed by atoms with Gasteiger partial charge < -0.3 is 10.2 Å². The molecule has 0 saturated carbocycles. The smallest absolute Gasteiger partial charge is 0.270 e.